The number of aromatic nitrogens is 3. The van der Waals surface area contributed by atoms with Gasteiger partial charge in [-0.25, -0.2) is 0 Å². The van der Waals surface area contributed by atoms with Crippen molar-refractivity contribution in [3.8, 4) is 5.69 Å². The summed E-state index contributed by atoms with van der Waals surface area (Å²) in [6.07, 6.45) is 5.28. The fraction of sp³-hybridized carbons (Fsp3) is 0.450. The average Bonchev–Trinajstić information content (AvgIpc) is 3.10. The SMILES string of the molecule is C=CCNC(=O)[C@H](C)Sc1nnc(N2CCCCC2)n1-c1ccc(C)cc1. The van der Waals surface area contributed by atoms with Gasteiger partial charge < -0.3 is 10.2 Å². The molecule has 0 spiro atoms. The third-order valence-corrected chi connectivity index (χ3v) is 5.66. The monoisotopic (exact) mass is 385 g/mol. The molecule has 1 aliphatic heterocycles. The van der Waals surface area contributed by atoms with Crippen LogP contribution in [0.5, 0.6) is 0 Å². The Balaban J connectivity index is 1.91. The van der Waals surface area contributed by atoms with Gasteiger partial charge in [-0.15, -0.1) is 16.8 Å². The second-order valence-electron chi connectivity index (χ2n) is 6.80. The number of nitrogens with zero attached hydrogens (tertiary/aromatic N) is 4. The minimum absolute atomic E-state index is 0.0297. The average molecular weight is 386 g/mol. The lowest BCUT2D eigenvalue weighted by Gasteiger charge is -2.28. The minimum Gasteiger partial charge on any atom is -0.352 e. The fourth-order valence-corrected chi connectivity index (χ4v) is 3.97. The Hall–Kier alpha value is -2.28. The number of anilines is 1. The Labute approximate surface area is 165 Å². The van der Waals surface area contributed by atoms with Crippen LogP contribution in [-0.4, -0.2) is 45.6 Å². The van der Waals surface area contributed by atoms with Crippen LogP contribution >= 0.6 is 11.8 Å². The van der Waals surface area contributed by atoms with E-state index in [4.69, 9.17) is 0 Å². The number of piperidine rings is 1. The molecule has 0 aliphatic carbocycles. The van der Waals surface area contributed by atoms with Crippen molar-refractivity contribution >= 4 is 23.6 Å². The van der Waals surface area contributed by atoms with E-state index >= 15 is 0 Å². The molecule has 1 aliphatic rings. The third kappa shape index (κ3) is 4.71. The third-order valence-electron chi connectivity index (χ3n) is 4.62. The molecule has 3 rings (SSSR count). The van der Waals surface area contributed by atoms with Gasteiger partial charge >= 0.3 is 0 Å². The maximum atomic E-state index is 12.3. The zero-order chi connectivity index (χ0) is 19.2. The number of amides is 1. The largest absolute Gasteiger partial charge is 0.352 e. The van der Waals surface area contributed by atoms with E-state index in [1.54, 1.807) is 6.08 Å². The number of rotatable bonds is 7. The molecule has 2 aromatic rings. The molecular weight excluding hydrogens is 358 g/mol. The molecule has 0 bridgehead atoms. The molecule has 144 valence electrons. The number of carbonyl (C=O) groups is 1. The van der Waals surface area contributed by atoms with Gasteiger partial charge in [-0.05, 0) is 45.2 Å². The van der Waals surface area contributed by atoms with Crippen LogP contribution in [-0.2, 0) is 4.79 Å². The van der Waals surface area contributed by atoms with E-state index in [1.807, 2.05) is 6.92 Å². The second-order valence-corrected chi connectivity index (χ2v) is 8.10. The molecule has 6 nitrogen and oxygen atoms in total. The van der Waals surface area contributed by atoms with Gasteiger partial charge in [0.25, 0.3) is 0 Å². The summed E-state index contributed by atoms with van der Waals surface area (Å²) in [4.78, 5) is 14.6. The molecule has 0 radical (unpaired) electrons. The van der Waals surface area contributed by atoms with E-state index < -0.39 is 0 Å². The summed E-state index contributed by atoms with van der Waals surface area (Å²) >= 11 is 1.43. The van der Waals surface area contributed by atoms with E-state index in [-0.39, 0.29) is 11.2 Å². The Morgan fingerprint density at radius 2 is 1.96 bits per heavy atom. The predicted octanol–water partition coefficient (Wildman–Crippen LogP) is 3.35. The van der Waals surface area contributed by atoms with E-state index in [0.717, 1.165) is 29.9 Å². The fourth-order valence-electron chi connectivity index (χ4n) is 3.09. The summed E-state index contributed by atoms with van der Waals surface area (Å²) in [5, 5.41) is 12.2. The predicted molar refractivity (Wildman–Crippen MR) is 111 cm³/mol. The number of hydrogen-bond donors (Lipinski definition) is 1. The normalized spacial score (nSPS) is 15.4. The van der Waals surface area contributed by atoms with Crippen LogP contribution in [0.3, 0.4) is 0 Å². The summed E-state index contributed by atoms with van der Waals surface area (Å²) in [5.74, 6) is 0.831. The summed E-state index contributed by atoms with van der Waals surface area (Å²) in [6.45, 7) is 10.0. The van der Waals surface area contributed by atoms with Crippen molar-refractivity contribution in [3.05, 3.63) is 42.5 Å². The molecule has 1 N–H and O–H groups in total. The lowest BCUT2D eigenvalue weighted by Crippen LogP contribution is -2.32. The van der Waals surface area contributed by atoms with Gasteiger partial charge in [0.1, 0.15) is 0 Å². The first-order valence-electron chi connectivity index (χ1n) is 9.43. The lowest BCUT2D eigenvalue weighted by atomic mass is 10.1. The molecule has 7 heteroatoms. The minimum atomic E-state index is -0.271. The Bertz CT molecular complexity index is 780. The number of aryl methyl sites for hydroxylation is 1. The quantitative estimate of drug-likeness (QED) is 0.585. The molecule has 27 heavy (non-hydrogen) atoms. The van der Waals surface area contributed by atoms with Gasteiger partial charge in [0, 0.05) is 19.6 Å². The van der Waals surface area contributed by atoms with Crippen molar-refractivity contribution in [2.45, 2.75) is 43.5 Å². The number of hydrogen-bond acceptors (Lipinski definition) is 5. The van der Waals surface area contributed by atoms with Crippen molar-refractivity contribution in [2.75, 3.05) is 24.5 Å². The molecule has 0 unspecified atom stereocenters. The Morgan fingerprint density at radius 3 is 2.63 bits per heavy atom. The van der Waals surface area contributed by atoms with Crippen LogP contribution in [0.15, 0.2) is 42.1 Å². The summed E-state index contributed by atoms with van der Waals surface area (Å²) < 4.78 is 2.08. The molecule has 1 amide bonds. The molecule has 1 saturated heterocycles. The molecule has 1 aromatic heterocycles. The smallest absolute Gasteiger partial charge is 0.233 e. The van der Waals surface area contributed by atoms with E-state index in [9.17, 15) is 4.79 Å². The van der Waals surface area contributed by atoms with Gasteiger partial charge in [0.15, 0.2) is 5.16 Å². The molecule has 0 saturated carbocycles. The first-order valence-corrected chi connectivity index (χ1v) is 10.3. The van der Waals surface area contributed by atoms with E-state index in [0.29, 0.717) is 6.54 Å². The van der Waals surface area contributed by atoms with Gasteiger partial charge in [-0.3, -0.25) is 9.36 Å². The molecular formula is C20H27N5OS. The van der Waals surface area contributed by atoms with Crippen molar-refractivity contribution in [2.24, 2.45) is 0 Å². The van der Waals surface area contributed by atoms with Gasteiger partial charge in [-0.2, -0.15) is 0 Å². The van der Waals surface area contributed by atoms with Crippen molar-refractivity contribution in [1.29, 1.82) is 0 Å². The highest BCUT2D eigenvalue weighted by Crippen LogP contribution is 2.30. The summed E-state index contributed by atoms with van der Waals surface area (Å²) in [6, 6.07) is 8.34. The Morgan fingerprint density at radius 1 is 1.26 bits per heavy atom. The highest BCUT2D eigenvalue weighted by atomic mass is 32.2. The zero-order valence-electron chi connectivity index (χ0n) is 16.0. The van der Waals surface area contributed by atoms with Crippen molar-refractivity contribution in [1.82, 2.24) is 20.1 Å². The standard InChI is InChI=1S/C20H27N5OS/c1-4-12-21-18(26)16(3)27-20-23-22-19(24-13-6-5-7-14-24)25(20)17-10-8-15(2)9-11-17/h4,8-11,16H,1,5-7,12-14H2,2-3H3,(H,21,26)/t16-/m0/s1. The van der Waals surface area contributed by atoms with Crippen LogP contribution in [0.4, 0.5) is 5.95 Å². The molecule has 1 atom stereocenters. The number of nitrogens with one attached hydrogen (secondary N) is 1. The molecule has 1 aromatic carbocycles. The first-order chi connectivity index (χ1) is 13.1. The first kappa shape index (κ1) is 19.5. The van der Waals surface area contributed by atoms with Gasteiger partial charge in [-0.1, -0.05) is 35.5 Å². The highest BCUT2D eigenvalue weighted by Gasteiger charge is 2.24. The van der Waals surface area contributed by atoms with E-state index in [2.05, 4.69) is 62.7 Å². The summed E-state index contributed by atoms with van der Waals surface area (Å²) in [7, 11) is 0. The topological polar surface area (TPSA) is 63.1 Å². The van der Waals surface area contributed by atoms with Crippen LogP contribution in [0.25, 0.3) is 5.69 Å². The number of carbonyl (C=O) groups excluding carboxylic acids is 1. The van der Waals surface area contributed by atoms with Gasteiger partial charge in [0.2, 0.25) is 11.9 Å². The maximum Gasteiger partial charge on any atom is 0.233 e. The summed E-state index contributed by atoms with van der Waals surface area (Å²) in [5.41, 5.74) is 2.23. The molecule has 1 fully saturated rings. The van der Waals surface area contributed by atoms with Crippen molar-refractivity contribution in [3.63, 3.8) is 0 Å². The number of benzene rings is 1. The van der Waals surface area contributed by atoms with Gasteiger partial charge in [0.05, 0.1) is 10.9 Å². The van der Waals surface area contributed by atoms with Crippen LogP contribution < -0.4 is 10.2 Å². The molecule has 2 heterocycles. The zero-order valence-corrected chi connectivity index (χ0v) is 16.8. The Kier molecular flexibility index (Phi) is 6.55. The maximum absolute atomic E-state index is 12.3. The van der Waals surface area contributed by atoms with Crippen LogP contribution in [0.2, 0.25) is 0 Å². The lowest BCUT2D eigenvalue weighted by molar-refractivity contribution is -0.120. The van der Waals surface area contributed by atoms with Crippen LogP contribution in [0.1, 0.15) is 31.7 Å². The second kappa shape index (κ2) is 9.08. The van der Waals surface area contributed by atoms with Crippen molar-refractivity contribution < 1.29 is 4.79 Å². The number of thioether (sulfide) groups is 1. The highest BCUT2D eigenvalue weighted by molar-refractivity contribution is 8.00. The van der Waals surface area contributed by atoms with E-state index in [1.165, 1.54) is 36.6 Å². The van der Waals surface area contributed by atoms with Crippen LogP contribution in [0, 0.1) is 6.92 Å².